The molecule has 0 spiro atoms. The van der Waals surface area contributed by atoms with Gasteiger partial charge < -0.3 is 0 Å². The maximum absolute atomic E-state index is 14.6. The van der Waals surface area contributed by atoms with Gasteiger partial charge in [-0.25, -0.2) is 13.2 Å². The molecule has 104 valence electrons. The average molecular weight is 276 g/mol. The van der Waals surface area contributed by atoms with Crippen molar-refractivity contribution in [2.75, 3.05) is 0 Å². The predicted molar refractivity (Wildman–Crippen MR) is 75.9 cm³/mol. The minimum absolute atomic E-state index is 0.0249. The van der Waals surface area contributed by atoms with Crippen LogP contribution in [0.4, 0.5) is 13.2 Å². The third kappa shape index (κ3) is 2.13. The average Bonchev–Trinajstić information content (AvgIpc) is 2.39. The van der Waals surface area contributed by atoms with E-state index in [-0.39, 0.29) is 27.8 Å². The Hall–Kier alpha value is -2.03. The Kier molecular flexibility index (Phi) is 3.71. The third-order valence-corrected chi connectivity index (χ3v) is 3.42. The van der Waals surface area contributed by atoms with Crippen molar-refractivity contribution in [2.24, 2.45) is 0 Å². The Bertz CT molecular complexity index is 671. The van der Waals surface area contributed by atoms with Crippen LogP contribution in [-0.4, -0.2) is 0 Å². The minimum Gasteiger partial charge on any atom is -0.206 e. The molecule has 20 heavy (non-hydrogen) atoms. The molecular formula is C17H15F3. The van der Waals surface area contributed by atoms with Crippen molar-refractivity contribution in [3.8, 4) is 11.1 Å². The summed E-state index contributed by atoms with van der Waals surface area (Å²) < 4.78 is 42.8. The summed E-state index contributed by atoms with van der Waals surface area (Å²) in [5.74, 6) is -1.72. The van der Waals surface area contributed by atoms with E-state index < -0.39 is 17.5 Å². The van der Waals surface area contributed by atoms with E-state index in [2.05, 4.69) is 6.58 Å². The van der Waals surface area contributed by atoms with Crippen LogP contribution in [0.25, 0.3) is 16.7 Å². The van der Waals surface area contributed by atoms with Gasteiger partial charge >= 0.3 is 0 Å². The topological polar surface area (TPSA) is 0 Å². The highest BCUT2D eigenvalue weighted by Crippen LogP contribution is 2.36. The van der Waals surface area contributed by atoms with Crippen LogP contribution in [0, 0.1) is 31.3 Å². The zero-order valence-corrected chi connectivity index (χ0v) is 11.7. The van der Waals surface area contributed by atoms with E-state index in [4.69, 9.17) is 0 Å². The van der Waals surface area contributed by atoms with Crippen molar-refractivity contribution >= 4 is 5.57 Å². The molecule has 0 saturated carbocycles. The number of halogens is 3. The molecule has 2 aromatic carbocycles. The van der Waals surface area contributed by atoms with Crippen LogP contribution in [0.2, 0.25) is 0 Å². The maximum Gasteiger partial charge on any atom is 0.135 e. The highest BCUT2D eigenvalue weighted by atomic mass is 19.1. The molecule has 0 aliphatic rings. The first kappa shape index (κ1) is 14.4. The standard InChI is InChI=1S/C17H15F3/c1-9(2)14-10(3)17(20)15(11(4)16(14)19)12-7-5-6-8-13(12)18/h5-8H,1H2,2-4H3. The molecule has 0 unspecified atom stereocenters. The van der Waals surface area contributed by atoms with E-state index in [1.807, 2.05) is 0 Å². The normalized spacial score (nSPS) is 10.7. The Labute approximate surface area is 116 Å². The number of hydrogen-bond donors (Lipinski definition) is 0. The molecule has 0 aromatic heterocycles. The summed E-state index contributed by atoms with van der Waals surface area (Å²) in [6.45, 7) is 8.22. The van der Waals surface area contributed by atoms with Gasteiger partial charge in [0.1, 0.15) is 17.5 Å². The number of benzene rings is 2. The maximum atomic E-state index is 14.6. The highest BCUT2D eigenvalue weighted by molar-refractivity contribution is 5.75. The molecule has 0 saturated heterocycles. The van der Waals surface area contributed by atoms with Crippen molar-refractivity contribution in [2.45, 2.75) is 20.8 Å². The Morgan fingerprint density at radius 2 is 1.55 bits per heavy atom. The number of rotatable bonds is 2. The van der Waals surface area contributed by atoms with Crippen LogP contribution in [0.1, 0.15) is 23.6 Å². The SMILES string of the molecule is C=C(C)c1c(C)c(F)c(-c2ccccc2F)c(C)c1F. The monoisotopic (exact) mass is 276 g/mol. The van der Waals surface area contributed by atoms with Crippen molar-refractivity contribution in [1.82, 2.24) is 0 Å². The Balaban J connectivity index is 2.87. The van der Waals surface area contributed by atoms with Crippen molar-refractivity contribution in [3.63, 3.8) is 0 Å². The van der Waals surface area contributed by atoms with E-state index in [0.717, 1.165) is 0 Å². The van der Waals surface area contributed by atoms with E-state index in [1.54, 1.807) is 13.0 Å². The van der Waals surface area contributed by atoms with Gasteiger partial charge in [-0.3, -0.25) is 0 Å². The van der Waals surface area contributed by atoms with Gasteiger partial charge in [0, 0.05) is 16.7 Å². The third-order valence-electron chi connectivity index (χ3n) is 3.42. The first-order chi connectivity index (χ1) is 9.36. The fourth-order valence-electron chi connectivity index (χ4n) is 2.42. The summed E-state index contributed by atoms with van der Waals surface area (Å²) in [4.78, 5) is 0. The molecule has 0 amide bonds. The second kappa shape index (κ2) is 5.16. The van der Waals surface area contributed by atoms with Gasteiger partial charge in [-0.2, -0.15) is 0 Å². The fraction of sp³-hybridized carbons (Fsp3) is 0.176. The molecule has 0 aliphatic carbocycles. The van der Waals surface area contributed by atoms with Gasteiger partial charge in [0.2, 0.25) is 0 Å². The van der Waals surface area contributed by atoms with E-state index in [0.29, 0.717) is 5.57 Å². The van der Waals surface area contributed by atoms with Crippen LogP contribution in [0.5, 0.6) is 0 Å². The lowest BCUT2D eigenvalue weighted by molar-refractivity contribution is 0.581. The van der Waals surface area contributed by atoms with Gasteiger partial charge in [-0.05, 0) is 43.5 Å². The van der Waals surface area contributed by atoms with Crippen LogP contribution in [0.15, 0.2) is 30.8 Å². The Morgan fingerprint density at radius 3 is 2.10 bits per heavy atom. The first-order valence-electron chi connectivity index (χ1n) is 6.25. The Morgan fingerprint density at radius 1 is 0.950 bits per heavy atom. The van der Waals surface area contributed by atoms with Crippen molar-refractivity contribution in [3.05, 3.63) is 65.0 Å². The minimum atomic E-state index is -0.605. The first-order valence-corrected chi connectivity index (χ1v) is 6.25. The van der Waals surface area contributed by atoms with E-state index >= 15 is 0 Å². The fourth-order valence-corrected chi connectivity index (χ4v) is 2.42. The number of allylic oxidation sites excluding steroid dienone is 1. The molecule has 0 bridgehead atoms. The lowest BCUT2D eigenvalue weighted by atomic mass is 9.91. The smallest absolute Gasteiger partial charge is 0.135 e. The summed E-state index contributed by atoms with van der Waals surface area (Å²) in [5.41, 5.74) is 0.901. The molecular weight excluding hydrogens is 261 g/mol. The quantitative estimate of drug-likeness (QED) is 0.687. The second-order valence-corrected chi connectivity index (χ2v) is 4.89. The molecule has 0 radical (unpaired) electrons. The van der Waals surface area contributed by atoms with Crippen LogP contribution in [-0.2, 0) is 0 Å². The van der Waals surface area contributed by atoms with Gasteiger partial charge in [-0.1, -0.05) is 24.8 Å². The molecule has 0 nitrogen and oxygen atoms in total. The van der Waals surface area contributed by atoms with E-state index in [1.165, 1.54) is 32.0 Å². The van der Waals surface area contributed by atoms with E-state index in [9.17, 15) is 13.2 Å². The van der Waals surface area contributed by atoms with Crippen molar-refractivity contribution in [1.29, 1.82) is 0 Å². The molecule has 0 heterocycles. The lowest BCUT2D eigenvalue weighted by Gasteiger charge is -2.16. The summed E-state index contributed by atoms with van der Waals surface area (Å²) in [6, 6.07) is 5.78. The lowest BCUT2D eigenvalue weighted by Crippen LogP contribution is -2.04. The summed E-state index contributed by atoms with van der Waals surface area (Å²) in [5, 5.41) is 0. The molecule has 0 atom stereocenters. The number of hydrogen-bond acceptors (Lipinski definition) is 0. The predicted octanol–water partition coefficient (Wildman–Crippen LogP) is 5.42. The largest absolute Gasteiger partial charge is 0.206 e. The summed E-state index contributed by atoms with van der Waals surface area (Å²) >= 11 is 0. The highest BCUT2D eigenvalue weighted by Gasteiger charge is 2.22. The zero-order valence-electron chi connectivity index (χ0n) is 11.7. The molecule has 0 aliphatic heterocycles. The van der Waals surface area contributed by atoms with Crippen LogP contribution < -0.4 is 0 Å². The molecule has 0 N–H and O–H groups in total. The zero-order chi connectivity index (χ0) is 15.0. The van der Waals surface area contributed by atoms with Gasteiger partial charge in [0.15, 0.2) is 0 Å². The molecule has 3 heteroatoms. The summed E-state index contributed by atoms with van der Waals surface area (Å²) in [7, 11) is 0. The molecule has 2 rings (SSSR count). The van der Waals surface area contributed by atoms with Crippen LogP contribution in [0.3, 0.4) is 0 Å². The van der Waals surface area contributed by atoms with Crippen molar-refractivity contribution < 1.29 is 13.2 Å². The van der Waals surface area contributed by atoms with Gasteiger partial charge in [-0.15, -0.1) is 0 Å². The van der Waals surface area contributed by atoms with Gasteiger partial charge in [0.05, 0.1) is 0 Å². The second-order valence-electron chi connectivity index (χ2n) is 4.89. The molecule has 0 fully saturated rings. The van der Waals surface area contributed by atoms with Gasteiger partial charge in [0.25, 0.3) is 0 Å². The summed E-state index contributed by atoms with van der Waals surface area (Å²) in [6.07, 6.45) is 0. The van der Waals surface area contributed by atoms with Crippen LogP contribution >= 0.6 is 0 Å². The molecule has 2 aromatic rings.